The number of carbonyl (C=O) groups is 1. The summed E-state index contributed by atoms with van der Waals surface area (Å²) in [5.74, 6) is 2.35. The zero-order chi connectivity index (χ0) is 17.5. The van der Waals surface area contributed by atoms with Crippen LogP contribution in [0.3, 0.4) is 0 Å². The fourth-order valence-corrected chi connectivity index (χ4v) is 4.64. The second-order valence-corrected chi connectivity index (χ2v) is 7.61. The minimum atomic E-state index is 0.00562. The topological polar surface area (TPSA) is 51.2 Å². The zero-order valence-electron chi connectivity index (χ0n) is 14.6. The third-order valence-electron chi connectivity index (χ3n) is 5.94. The van der Waals surface area contributed by atoms with Gasteiger partial charge in [-0.3, -0.25) is 9.78 Å². The van der Waals surface area contributed by atoms with Crippen molar-refractivity contribution in [2.45, 2.75) is 25.4 Å². The van der Waals surface area contributed by atoms with Crippen LogP contribution in [0.5, 0.6) is 5.75 Å². The number of amides is 1. The summed E-state index contributed by atoms with van der Waals surface area (Å²) in [5, 5.41) is 3.14. The SMILES string of the molecule is O=C(NCC1Cc2cccc(-c3ccncc3)c2O1)[C@@H]1C[C@H]2C=C[C@@H]1C2. The number of pyridine rings is 1. The van der Waals surface area contributed by atoms with E-state index < -0.39 is 0 Å². The van der Waals surface area contributed by atoms with Gasteiger partial charge in [-0.05, 0) is 47.9 Å². The van der Waals surface area contributed by atoms with E-state index >= 15 is 0 Å². The molecule has 2 aliphatic carbocycles. The molecule has 2 heterocycles. The van der Waals surface area contributed by atoms with E-state index in [1.165, 1.54) is 5.56 Å². The van der Waals surface area contributed by atoms with Gasteiger partial charge in [-0.25, -0.2) is 0 Å². The van der Waals surface area contributed by atoms with Crippen molar-refractivity contribution in [3.05, 3.63) is 60.4 Å². The molecule has 5 rings (SSSR count). The van der Waals surface area contributed by atoms with E-state index in [-0.39, 0.29) is 17.9 Å². The molecule has 4 nitrogen and oxygen atoms in total. The molecule has 1 N–H and O–H groups in total. The Morgan fingerprint density at radius 3 is 2.81 bits per heavy atom. The number of rotatable bonds is 4. The average molecular weight is 346 g/mol. The first-order valence-electron chi connectivity index (χ1n) is 9.43. The summed E-state index contributed by atoms with van der Waals surface area (Å²) in [5.41, 5.74) is 3.41. The number of benzene rings is 1. The lowest BCUT2D eigenvalue weighted by Crippen LogP contribution is -2.39. The smallest absolute Gasteiger partial charge is 0.223 e. The summed E-state index contributed by atoms with van der Waals surface area (Å²) < 4.78 is 6.22. The number of carbonyl (C=O) groups excluding carboxylic acids is 1. The van der Waals surface area contributed by atoms with Crippen molar-refractivity contribution in [1.82, 2.24) is 10.3 Å². The molecule has 1 amide bonds. The molecule has 1 unspecified atom stereocenters. The van der Waals surface area contributed by atoms with Gasteiger partial charge in [0.1, 0.15) is 11.9 Å². The number of allylic oxidation sites excluding steroid dienone is 2. The number of aromatic nitrogens is 1. The quantitative estimate of drug-likeness (QED) is 0.864. The van der Waals surface area contributed by atoms with Gasteiger partial charge < -0.3 is 10.1 Å². The molecule has 0 saturated heterocycles. The van der Waals surface area contributed by atoms with Crippen molar-refractivity contribution in [3.8, 4) is 16.9 Å². The maximum absolute atomic E-state index is 12.5. The minimum absolute atomic E-state index is 0.00562. The van der Waals surface area contributed by atoms with Gasteiger partial charge in [-0.1, -0.05) is 30.4 Å². The molecule has 26 heavy (non-hydrogen) atoms. The van der Waals surface area contributed by atoms with Crippen LogP contribution in [0.4, 0.5) is 0 Å². The number of hydrogen-bond acceptors (Lipinski definition) is 3. The molecule has 2 aromatic rings. The van der Waals surface area contributed by atoms with Crippen LogP contribution >= 0.6 is 0 Å². The molecule has 0 radical (unpaired) electrons. The maximum Gasteiger partial charge on any atom is 0.223 e. The fraction of sp³-hybridized carbons (Fsp3) is 0.364. The first-order valence-corrected chi connectivity index (χ1v) is 9.43. The number of nitrogens with zero attached hydrogens (tertiary/aromatic N) is 1. The number of fused-ring (bicyclic) bond motifs is 3. The van der Waals surface area contributed by atoms with Gasteiger partial charge in [0.05, 0.1) is 6.54 Å². The Kier molecular flexibility index (Phi) is 3.77. The van der Waals surface area contributed by atoms with E-state index in [4.69, 9.17) is 4.74 Å². The molecule has 4 atom stereocenters. The van der Waals surface area contributed by atoms with Gasteiger partial charge in [-0.2, -0.15) is 0 Å². The summed E-state index contributed by atoms with van der Waals surface area (Å²) in [7, 11) is 0. The van der Waals surface area contributed by atoms with Crippen molar-refractivity contribution in [1.29, 1.82) is 0 Å². The Labute approximate surface area is 153 Å². The predicted octanol–water partition coefficient (Wildman–Crippen LogP) is 3.38. The molecular formula is C22H22N2O2. The largest absolute Gasteiger partial charge is 0.487 e. The summed E-state index contributed by atoms with van der Waals surface area (Å²) in [6.45, 7) is 0.570. The highest BCUT2D eigenvalue weighted by molar-refractivity contribution is 5.80. The van der Waals surface area contributed by atoms with Crippen molar-refractivity contribution >= 4 is 5.91 Å². The van der Waals surface area contributed by atoms with Gasteiger partial charge in [0.15, 0.2) is 0 Å². The van der Waals surface area contributed by atoms with E-state index in [0.717, 1.165) is 36.1 Å². The molecule has 1 fully saturated rings. The van der Waals surface area contributed by atoms with Gasteiger partial charge in [0.2, 0.25) is 5.91 Å². The molecular weight excluding hydrogens is 324 g/mol. The van der Waals surface area contributed by atoms with Crippen molar-refractivity contribution in [2.24, 2.45) is 17.8 Å². The lowest BCUT2D eigenvalue weighted by molar-refractivity contribution is -0.126. The molecule has 1 saturated carbocycles. The average Bonchev–Trinajstić information content (AvgIpc) is 3.41. The second-order valence-electron chi connectivity index (χ2n) is 7.61. The summed E-state index contributed by atoms with van der Waals surface area (Å²) >= 11 is 0. The van der Waals surface area contributed by atoms with E-state index in [1.807, 2.05) is 12.1 Å². The predicted molar refractivity (Wildman–Crippen MR) is 99.6 cm³/mol. The Hall–Kier alpha value is -2.62. The highest BCUT2D eigenvalue weighted by Gasteiger charge is 2.40. The van der Waals surface area contributed by atoms with Gasteiger partial charge >= 0.3 is 0 Å². The van der Waals surface area contributed by atoms with E-state index in [0.29, 0.717) is 18.4 Å². The first kappa shape index (κ1) is 15.6. The van der Waals surface area contributed by atoms with Gasteiger partial charge in [-0.15, -0.1) is 0 Å². The Morgan fingerprint density at radius 2 is 2.04 bits per heavy atom. The lowest BCUT2D eigenvalue weighted by atomic mass is 9.93. The van der Waals surface area contributed by atoms with E-state index in [9.17, 15) is 4.79 Å². The third kappa shape index (κ3) is 2.70. The van der Waals surface area contributed by atoms with Crippen LogP contribution in [0.25, 0.3) is 11.1 Å². The Balaban J connectivity index is 1.25. The summed E-state index contributed by atoms with van der Waals surface area (Å²) in [4.78, 5) is 16.6. The van der Waals surface area contributed by atoms with Crippen LogP contribution < -0.4 is 10.1 Å². The van der Waals surface area contributed by atoms with Gasteiger partial charge in [0.25, 0.3) is 0 Å². The summed E-state index contributed by atoms with van der Waals surface area (Å²) in [6, 6.07) is 10.3. The van der Waals surface area contributed by atoms with E-state index in [1.54, 1.807) is 12.4 Å². The number of nitrogens with one attached hydrogen (secondary N) is 1. The minimum Gasteiger partial charge on any atom is -0.487 e. The van der Waals surface area contributed by atoms with Crippen LogP contribution in [-0.4, -0.2) is 23.5 Å². The first-order chi connectivity index (χ1) is 12.8. The molecule has 1 aromatic heterocycles. The molecule has 1 aromatic carbocycles. The van der Waals surface area contributed by atoms with Crippen molar-refractivity contribution in [3.63, 3.8) is 0 Å². The number of hydrogen-bond donors (Lipinski definition) is 1. The van der Waals surface area contributed by atoms with E-state index in [2.05, 4.69) is 40.7 Å². The maximum atomic E-state index is 12.5. The molecule has 3 aliphatic rings. The Bertz CT molecular complexity index is 862. The normalized spacial score (nSPS) is 28.0. The van der Waals surface area contributed by atoms with Crippen molar-refractivity contribution < 1.29 is 9.53 Å². The van der Waals surface area contributed by atoms with Crippen LogP contribution in [-0.2, 0) is 11.2 Å². The van der Waals surface area contributed by atoms with Crippen molar-refractivity contribution in [2.75, 3.05) is 6.54 Å². The number of para-hydroxylation sites is 1. The van der Waals surface area contributed by atoms with Gasteiger partial charge in [0, 0.05) is 30.3 Å². The lowest BCUT2D eigenvalue weighted by Gasteiger charge is -2.19. The molecule has 2 bridgehead atoms. The third-order valence-corrected chi connectivity index (χ3v) is 5.94. The number of ether oxygens (including phenoxy) is 1. The molecule has 132 valence electrons. The monoisotopic (exact) mass is 346 g/mol. The Morgan fingerprint density at radius 1 is 1.15 bits per heavy atom. The second kappa shape index (κ2) is 6.27. The fourth-order valence-electron chi connectivity index (χ4n) is 4.64. The summed E-state index contributed by atoms with van der Waals surface area (Å²) in [6.07, 6.45) is 11.1. The highest BCUT2D eigenvalue weighted by Crippen LogP contribution is 2.43. The molecule has 0 spiro atoms. The van der Waals surface area contributed by atoms with Crippen LogP contribution in [0.1, 0.15) is 18.4 Å². The molecule has 4 heteroatoms. The zero-order valence-corrected chi connectivity index (χ0v) is 14.6. The van der Waals surface area contributed by atoms with Crippen LogP contribution in [0.2, 0.25) is 0 Å². The highest BCUT2D eigenvalue weighted by atomic mass is 16.5. The van der Waals surface area contributed by atoms with Crippen LogP contribution in [0.15, 0.2) is 54.9 Å². The molecule has 1 aliphatic heterocycles. The standard InChI is InChI=1S/C22H22N2O2/c25-22(20-11-14-4-5-16(20)10-14)24-13-18-12-17-2-1-3-19(21(17)26-18)15-6-8-23-9-7-15/h1-9,14,16,18,20H,10-13H2,(H,24,25)/t14-,16+,18?,20+/m0/s1. The van der Waals surface area contributed by atoms with Crippen LogP contribution in [0, 0.1) is 17.8 Å².